The van der Waals surface area contributed by atoms with E-state index >= 15 is 0 Å². The van der Waals surface area contributed by atoms with Crippen molar-refractivity contribution >= 4 is 39.5 Å². The number of hydrogen-bond donors (Lipinski definition) is 3. The predicted molar refractivity (Wildman–Crippen MR) is 331 cm³/mol. The number of phosphoric acid groups is 2. The molecule has 3 N–H and O–H groups in total. The first-order valence-electron chi connectivity index (χ1n) is 33.5. The highest BCUT2D eigenvalue weighted by molar-refractivity contribution is 7.47. The number of phosphoric ester groups is 2. The molecule has 19 heteroatoms. The molecule has 6 atom stereocenters. The second-order valence-corrected chi connectivity index (χ2v) is 26.8. The lowest BCUT2D eigenvalue weighted by Crippen LogP contribution is -2.30. The fourth-order valence-corrected chi connectivity index (χ4v) is 11.1. The van der Waals surface area contributed by atoms with Gasteiger partial charge in [0, 0.05) is 25.7 Å². The molecular formula is C64H124O17P2. The minimum atomic E-state index is -4.94. The van der Waals surface area contributed by atoms with Crippen molar-refractivity contribution in [1.29, 1.82) is 0 Å². The average Bonchev–Trinajstić information content (AvgIpc) is 3.48. The van der Waals surface area contributed by atoms with Gasteiger partial charge in [0.2, 0.25) is 0 Å². The van der Waals surface area contributed by atoms with Crippen LogP contribution >= 0.6 is 15.6 Å². The van der Waals surface area contributed by atoms with Crippen molar-refractivity contribution in [3.63, 3.8) is 0 Å². The van der Waals surface area contributed by atoms with Crippen molar-refractivity contribution in [2.45, 2.75) is 336 Å². The third kappa shape index (κ3) is 57.6. The van der Waals surface area contributed by atoms with E-state index < -0.39 is 97.5 Å². The molecule has 0 aromatic heterocycles. The van der Waals surface area contributed by atoms with Crippen LogP contribution in [0, 0.1) is 11.8 Å². The summed E-state index contributed by atoms with van der Waals surface area (Å²) in [6.07, 6.45) is 39.4. The molecular weight excluding hydrogens is 1100 g/mol. The van der Waals surface area contributed by atoms with Crippen LogP contribution in [0.4, 0.5) is 0 Å². The predicted octanol–water partition coefficient (Wildman–Crippen LogP) is 17.7. The Bertz CT molecular complexity index is 1630. The average molecular weight is 1230 g/mol. The third-order valence-electron chi connectivity index (χ3n) is 15.1. The zero-order chi connectivity index (χ0) is 61.5. The Morgan fingerprint density at radius 3 is 0.916 bits per heavy atom. The Morgan fingerprint density at radius 2 is 0.614 bits per heavy atom. The minimum absolute atomic E-state index is 0.102. The Morgan fingerprint density at radius 1 is 0.349 bits per heavy atom. The van der Waals surface area contributed by atoms with Gasteiger partial charge in [-0.3, -0.25) is 37.3 Å². The van der Waals surface area contributed by atoms with Crippen LogP contribution in [0.15, 0.2) is 0 Å². The van der Waals surface area contributed by atoms with E-state index in [1.807, 2.05) is 0 Å². The number of unbranched alkanes of at least 4 members (excludes halogenated alkanes) is 32. The molecule has 0 saturated carbocycles. The Kier molecular flexibility index (Phi) is 55.2. The lowest BCUT2D eigenvalue weighted by atomic mass is 10.00. The first kappa shape index (κ1) is 81.1. The van der Waals surface area contributed by atoms with E-state index in [1.165, 1.54) is 128 Å². The highest BCUT2D eigenvalue weighted by atomic mass is 31.2. The maximum atomic E-state index is 13.0. The van der Waals surface area contributed by atoms with Crippen molar-refractivity contribution in [3.8, 4) is 0 Å². The van der Waals surface area contributed by atoms with E-state index in [0.717, 1.165) is 108 Å². The topological polar surface area (TPSA) is 237 Å². The van der Waals surface area contributed by atoms with Gasteiger partial charge in [-0.1, -0.05) is 266 Å². The van der Waals surface area contributed by atoms with E-state index in [0.29, 0.717) is 25.7 Å². The number of aliphatic hydroxyl groups is 1. The van der Waals surface area contributed by atoms with Crippen molar-refractivity contribution in [2.24, 2.45) is 11.8 Å². The molecule has 0 aromatic carbocycles. The first-order valence-corrected chi connectivity index (χ1v) is 36.5. The summed E-state index contributed by atoms with van der Waals surface area (Å²) >= 11 is 0. The largest absolute Gasteiger partial charge is 0.472 e. The molecule has 0 heterocycles. The third-order valence-corrected chi connectivity index (χ3v) is 17.0. The van der Waals surface area contributed by atoms with Crippen LogP contribution in [-0.4, -0.2) is 96.7 Å². The van der Waals surface area contributed by atoms with Crippen molar-refractivity contribution < 1.29 is 80.2 Å². The maximum absolute atomic E-state index is 13.0. The second-order valence-electron chi connectivity index (χ2n) is 23.9. The molecule has 0 spiro atoms. The number of carbonyl (C=O) groups is 4. The monoisotopic (exact) mass is 1230 g/mol. The molecule has 0 aliphatic heterocycles. The quantitative estimate of drug-likeness (QED) is 0.0222. The van der Waals surface area contributed by atoms with Gasteiger partial charge in [0.25, 0.3) is 0 Å². The van der Waals surface area contributed by atoms with Crippen molar-refractivity contribution in [1.82, 2.24) is 0 Å². The van der Waals surface area contributed by atoms with Crippen LogP contribution in [0.3, 0.4) is 0 Å². The van der Waals surface area contributed by atoms with Crippen LogP contribution < -0.4 is 0 Å². The number of hydrogen-bond acceptors (Lipinski definition) is 15. The molecule has 0 fully saturated rings. The van der Waals surface area contributed by atoms with Crippen LogP contribution in [-0.2, 0) is 65.4 Å². The van der Waals surface area contributed by atoms with E-state index in [9.17, 15) is 43.2 Å². The van der Waals surface area contributed by atoms with Crippen LogP contribution in [0.5, 0.6) is 0 Å². The Labute approximate surface area is 505 Å². The van der Waals surface area contributed by atoms with Crippen molar-refractivity contribution in [2.75, 3.05) is 39.6 Å². The highest BCUT2D eigenvalue weighted by Gasteiger charge is 2.30. The standard InChI is InChI=1S/C64H124O17P2/c1-7-10-12-14-15-16-17-18-19-20-21-22-25-29-36-42-48-63(68)80-60(53-75-62(67)47-41-35-28-26-23-24-27-33-38-44-56(4)5)55-79-83(72,73)77-51-58(65)50-76-82(70,71)78-54-59(52-74-61(66)46-40-32-13-11-8-2)81-64(69)49-43-37-31-30-34-39-45-57(6)9-3/h56-60,65H,7-55H2,1-6H3,(H,70,71)(H,72,73)/t57?,58-,59+,60+/m0/s1. The number of ether oxygens (including phenoxy) is 4. The second kappa shape index (κ2) is 56.6. The molecule has 0 amide bonds. The van der Waals surface area contributed by atoms with Gasteiger partial charge in [0.1, 0.15) is 19.3 Å². The molecule has 0 bridgehead atoms. The minimum Gasteiger partial charge on any atom is -0.462 e. The van der Waals surface area contributed by atoms with Gasteiger partial charge in [-0.05, 0) is 37.5 Å². The molecule has 0 saturated heterocycles. The fourth-order valence-electron chi connectivity index (χ4n) is 9.50. The molecule has 0 aliphatic rings. The van der Waals surface area contributed by atoms with Gasteiger partial charge < -0.3 is 33.8 Å². The maximum Gasteiger partial charge on any atom is 0.472 e. The van der Waals surface area contributed by atoms with E-state index in [2.05, 4.69) is 41.5 Å². The zero-order valence-corrected chi connectivity index (χ0v) is 55.3. The lowest BCUT2D eigenvalue weighted by Gasteiger charge is -2.21. The van der Waals surface area contributed by atoms with Crippen LogP contribution in [0.1, 0.15) is 318 Å². The fraction of sp³-hybridized carbons (Fsp3) is 0.938. The zero-order valence-electron chi connectivity index (χ0n) is 53.5. The molecule has 17 nitrogen and oxygen atoms in total. The van der Waals surface area contributed by atoms with Gasteiger partial charge in [-0.2, -0.15) is 0 Å². The summed E-state index contributed by atoms with van der Waals surface area (Å²) in [5, 5.41) is 10.5. The summed E-state index contributed by atoms with van der Waals surface area (Å²) in [5.74, 6) is -0.682. The van der Waals surface area contributed by atoms with E-state index in [-0.39, 0.29) is 25.7 Å². The molecule has 3 unspecified atom stereocenters. The van der Waals surface area contributed by atoms with Gasteiger partial charge in [0.05, 0.1) is 26.4 Å². The molecule has 83 heavy (non-hydrogen) atoms. The summed E-state index contributed by atoms with van der Waals surface area (Å²) in [7, 11) is -9.88. The van der Waals surface area contributed by atoms with Gasteiger partial charge in [-0.25, -0.2) is 9.13 Å². The summed E-state index contributed by atoms with van der Waals surface area (Å²) in [5.41, 5.74) is 0. The summed E-state index contributed by atoms with van der Waals surface area (Å²) in [6, 6.07) is 0. The molecule has 0 radical (unpaired) electrons. The molecule has 492 valence electrons. The summed E-state index contributed by atoms with van der Waals surface area (Å²) < 4.78 is 67.8. The highest BCUT2D eigenvalue weighted by Crippen LogP contribution is 2.45. The number of carbonyl (C=O) groups excluding carboxylic acids is 4. The molecule has 0 rings (SSSR count). The van der Waals surface area contributed by atoms with Gasteiger partial charge in [0.15, 0.2) is 12.2 Å². The molecule has 0 aromatic rings. The summed E-state index contributed by atoms with van der Waals surface area (Å²) in [6.45, 7) is 9.34. The first-order chi connectivity index (χ1) is 39.9. The SMILES string of the molecule is CCCCCCCCCCCCCCCCCCC(=O)O[C@H](COC(=O)CCCCCCCCCCCC(C)C)COP(=O)(O)OC[C@@H](O)COP(=O)(O)OC[C@@H](COC(=O)CCCCCCC)OC(=O)CCCCCCCCC(C)CC. The number of aliphatic hydroxyl groups excluding tert-OH is 1. The number of rotatable bonds is 63. The Balaban J connectivity index is 5.17. The van der Waals surface area contributed by atoms with Crippen LogP contribution in [0.2, 0.25) is 0 Å². The van der Waals surface area contributed by atoms with Gasteiger partial charge in [-0.15, -0.1) is 0 Å². The van der Waals surface area contributed by atoms with Gasteiger partial charge >= 0.3 is 39.5 Å². The van der Waals surface area contributed by atoms with Crippen LogP contribution in [0.25, 0.3) is 0 Å². The van der Waals surface area contributed by atoms with E-state index in [1.54, 1.807) is 0 Å². The normalized spacial score (nSPS) is 14.6. The van der Waals surface area contributed by atoms with E-state index in [4.69, 9.17) is 37.0 Å². The smallest absolute Gasteiger partial charge is 0.462 e. The Hall–Kier alpha value is -1.94. The summed E-state index contributed by atoms with van der Waals surface area (Å²) in [4.78, 5) is 72.0. The molecule has 0 aliphatic carbocycles. The number of esters is 4. The van der Waals surface area contributed by atoms with Crippen molar-refractivity contribution in [3.05, 3.63) is 0 Å². The lowest BCUT2D eigenvalue weighted by molar-refractivity contribution is -0.161.